The number of rotatable bonds is 2. The van der Waals surface area contributed by atoms with Gasteiger partial charge < -0.3 is 10.0 Å². The largest absolute Gasteiger partial charge is 0.478 e. The minimum Gasteiger partial charge on any atom is -0.478 e. The van der Waals surface area contributed by atoms with E-state index in [2.05, 4.69) is 0 Å². The number of hydrogen-bond acceptors (Lipinski definition) is 2. The van der Waals surface area contributed by atoms with E-state index in [-0.39, 0.29) is 11.5 Å². The summed E-state index contributed by atoms with van der Waals surface area (Å²) >= 11 is 0. The Morgan fingerprint density at radius 1 is 1.05 bits per heavy atom. The molecular formula is C18H17NO3. The standard InChI is InChI=1S/C18H17NO3/c1-12-4-6-13(7-5-12)17(20)19-10-2-3-14-11-15(18(21)22)8-9-16(14)19/h4-9,11H,2-3,10H2,1H3,(H,21,22). The van der Waals surface area contributed by atoms with E-state index in [1.165, 1.54) is 0 Å². The van der Waals surface area contributed by atoms with Gasteiger partial charge in [-0.1, -0.05) is 17.7 Å². The minimum atomic E-state index is -0.940. The van der Waals surface area contributed by atoms with Crippen LogP contribution in [0.4, 0.5) is 5.69 Å². The van der Waals surface area contributed by atoms with Crippen LogP contribution in [0.3, 0.4) is 0 Å². The molecule has 0 saturated carbocycles. The molecule has 0 fully saturated rings. The van der Waals surface area contributed by atoms with Crippen LogP contribution in [0.5, 0.6) is 0 Å². The van der Waals surface area contributed by atoms with Crippen molar-refractivity contribution < 1.29 is 14.7 Å². The number of hydrogen-bond donors (Lipinski definition) is 1. The van der Waals surface area contributed by atoms with Gasteiger partial charge in [0.2, 0.25) is 0 Å². The van der Waals surface area contributed by atoms with Crippen LogP contribution in [-0.4, -0.2) is 23.5 Å². The van der Waals surface area contributed by atoms with E-state index in [9.17, 15) is 9.59 Å². The van der Waals surface area contributed by atoms with Gasteiger partial charge in [-0.15, -0.1) is 0 Å². The van der Waals surface area contributed by atoms with E-state index in [1.807, 2.05) is 31.2 Å². The molecule has 1 amide bonds. The minimum absolute atomic E-state index is 0.0379. The lowest BCUT2D eigenvalue weighted by molar-refractivity contribution is 0.0696. The predicted molar refractivity (Wildman–Crippen MR) is 84.6 cm³/mol. The Labute approximate surface area is 129 Å². The molecule has 1 aliphatic heterocycles. The lowest BCUT2D eigenvalue weighted by atomic mass is 9.98. The second-order valence-electron chi connectivity index (χ2n) is 5.58. The van der Waals surface area contributed by atoms with Crippen LogP contribution in [0.25, 0.3) is 0 Å². The van der Waals surface area contributed by atoms with Crippen LogP contribution in [0.1, 0.15) is 38.3 Å². The lowest BCUT2D eigenvalue weighted by Crippen LogP contribution is -2.35. The summed E-state index contributed by atoms with van der Waals surface area (Å²) in [5, 5.41) is 9.08. The molecule has 3 rings (SSSR count). The van der Waals surface area contributed by atoms with Gasteiger partial charge in [0.1, 0.15) is 0 Å². The molecule has 4 nitrogen and oxygen atoms in total. The summed E-state index contributed by atoms with van der Waals surface area (Å²) in [6.07, 6.45) is 1.64. The Morgan fingerprint density at radius 2 is 1.73 bits per heavy atom. The highest BCUT2D eigenvalue weighted by molar-refractivity contribution is 6.07. The molecule has 0 unspecified atom stereocenters. The van der Waals surface area contributed by atoms with E-state index in [0.717, 1.165) is 29.7 Å². The number of anilines is 1. The SMILES string of the molecule is Cc1ccc(C(=O)N2CCCc3cc(C(=O)O)ccc32)cc1. The number of amides is 1. The molecule has 0 spiro atoms. The first-order chi connectivity index (χ1) is 10.6. The summed E-state index contributed by atoms with van der Waals surface area (Å²) in [6.45, 7) is 2.64. The average Bonchev–Trinajstić information content (AvgIpc) is 2.53. The second-order valence-corrected chi connectivity index (χ2v) is 5.58. The van der Waals surface area contributed by atoms with Crippen molar-refractivity contribution in [2.45, 2.75) is 19.8 Å². The average molecular weight is 295 g/mol. The fraction of sp³-hybridized carbons (Fsp3) is 0.222. The first-order valence-electron chi connectivity index (χ1n) is 7.31. The third-order valence-corrected chi connectivity index (χ3v) is 3.99. The fourth-order valence-electron chi connectivity index (χ4n) is 2.79. The number of aromatic carboxylic acids is 1. The predicted octanol–water partition coefficient (Wildman–Crippen LogP) is 3.29. The summed E-state index contributed by atoms with van der Waals surface area (Å²) in [6, 6.07) is 12.5. The lowest BCUT2D eigenvalue weighted by Gasteiger charge is -2.29. The zero-order valence-corrected chi connectivity index (χ0v) is 12.4. The van der Waals surface area contributed by atoms with E-state index in [4.69, 9.17) is 5.11 Å². The maximum atomic E-state index is 12.7. The maximum absolute atomic E-state index is 12.7. The van der Waals surface area contributed by atoms with E-state index in [0.29, 0.717) is 12.1 Å². The van der Waals surface area contributed by atoms with Crippen molar-refractivity contribution >= 4 is 17.6 Å². The van der Waals surface area contributed by atoms with Crippen LogP contribution >= 0.6 is 0 Å². The van der Waals surface area contributed by atoms with Crippen molar-refractivity contribution in [2.24, 2.45) is 0 Å². The molecule has 4 heteroatoms. The Hall–Kier alpha value is -2.62. The molecule has 1 N–H and O–H groups in total. The van der Waals surface area contributed by atoms with Crippen LogP contribution in [0.15, 0.2) is 42.5 Å². The molecule has 1 aliphatic rings. The van der Waals surface area contributed by atoms with Gasteiger partial charge in [-0.25, -0.2) is 4.79 Å². The molecule has 0 bridgehead atoms. The van der Waals surface area contributed by atoms with Gasteiger partial charge in [0.15, 0.2) is 0 Å². The van der Waals surface area contributed by atoms with E-state index >= 15 is 0 Å². The van der Waals surface area contributed by atoms with Crippen molar-refractivity contribution in [3.8, 4) is 0 Å². The number of carbonyl (C=O) groups excluding carboxylic acids is 1. The zero-order valence-electron chi connectivity index (χ0n) is 12.4. The number of benzene rings is 2. The normalized spacial score (nSPS) is 13.6. The summed E-state index contributed by atoms with van der Waals surface area (Å²) in [7, 11) is 0. The highest BCUT2D eigenvalue weighted by atomic mass is 16.4. The van der Waals surface area contributed by atoms with Crippen molar-refractivity contribution in [3.05, 3.63) is 64.7 Å². The molecule has 2 aromatic carbocycles. The topological polar surface area (TPSA) is 57.6 Å². The summed E-state index contributed by atoms with van der Waals surface area (Å²) in [5.41, 5.74) is 3.78. The number of carboxylic acids is 1. The maximum Gasteiger partial charge on any atom is 0.335 e. The summed E-state index contributed by atoms with van der Waals surface area (Å²) < 4.78 is 0. The molecule has 2 aromatic rings. The molecule has 0 atom stereocenters. The molecule has 22 heavy (non-hydrogen) atoms. The van der Waals surface area contributed by atoms with Crippen LogP contribution < -0.4 is 4.90 Å². The smallest absolute Gasteiger partial charge is 0.335 e. The molecule has 0 aromatic heterocycles. The third kappa shape index (κ3) is 2.60. The first kappa shape index (κ1) is 14.3. The first-order valence-corrected chi connectivity index (χ1v) is 7.31. The Bertz CT molecular complexity index is 734. The van der Waals surface area contributed by atoms with Gasteiger partial charge in [-0.05, 0) is 55.7 Å². The molecular weight excluding hydrogens is 278 g/mol. The summed E-state index contributed by atoms with van der Waals surface area (Å²) in [5.74, 6) is -0.978. The second kappa shape index (κ2) is 5.64. The van der Waals surface area contributed by atoms with Gasteiger partial charge in [-0.2, -0.15) is 0 Å². The van der Waals surface area contributed by atoms with Crippen molar-refractivity contribution in [1.82, 2.24) is 0 Å². The molecule has 1 heterocycles. The van der Waals surface area contributed by atoms with Crippen LogP contribution in [0.2, 0.25) is 0 Å². The van der Waals surface area contributed by atoms with E-state index in [1.54, 1.807) is 23.1 Å². The van der Waals surface area contributed by atoms with Gasteiger partial charge >= 0.3 is 5.97 Å². The Kier molecular flexibility index (Phi) is 3.67. The van der Waals surface area contributed by atoms with E-state index < -0.39 is 5.97 Å². The third-order valence-electron chi connectivity index (χ3n) is 3.99. The van der Waals surface area contributed by atoms with Crippen LogP contribution in [0, 0.1) is 6.92 Å². The highest BCUT2D eigenvalue weighted by Gasteiger charge is 2.24. The number of carbonyl (C=O) groups is 2. The highest BCUT2D eigenvalue weighted by Crippen LogP contribution is 2.29. The van der Waals surface area contributed by atoms with Gasteiger partial charge in [0, 0.05) is 17.8 Å². The van der Waals surface area contributed by atoms with Gasteiger partial charge in [0.25, 0.3) is 5.91 Å². The zero-order chi connectivity index (χ0) is 15.7. The van der Waals surface area contributed by atoms with Gasteiger partial charge in [0.05, 0.1) is 5.56 Å². The summed E-state index contributed by atoms with van der Waals surface area (Å²) in [4.78, 5) is 25.5. The fourth-order valence-corrected chi connectivity index (χ4v) is 2.79. The molecule has 112 valence electrons. The molecule has 0 radical (unpaired) electrons. The monoisotopic (exact) mass is 295 g/mol. The molecule has 0 aliphatic carbocycles. The van der Waals surface area contributed by atoms with Crippen molar-refractivity contribution in [3.63, 3.8) is 0 Å². The number of aryl methyl sites for hydroxylation is 2. The number of carboxylic acid groups (broad SMARTS) is 1. The van der Waals surface area contributed by atoms with Crippen LogP contribution in [-0.2, 0) is 6.42 Å². The number of fused-ring (bicyclic) bond motifs is 1. The molecule has 0 saturated heterocycles. The quantitative estimate of drug-likeness (QED) is 0.925. The van der Waals surface area contributed by atoms with Crippen molar-refractivity contribution in [2.75, 3.05) is 11.4 Å². The van der Waals surface area contributed by atoms with Crippen molar-refractivity contribution in [1.29, 1.82) is 0 Å². The number of nitrogens with zero attached hydrogens (tertiary/aromatic N) is 1. The van der Waals surface area contributed by atoms with Gasteiger partial charge in [-0.3, -0.25) is 4.79 Å². The Balaban J connectivity index is 1.96. The Morgan fingerprint density at radius 3 is 2.41 bits per heavy atom.